The van der Waals surface area contributed by atoms with Crippen LogP contribution in [0.2, 0.25) is 0 Å². The van der Waals surface area contributed by atoms with Crippen LogP contribution in [-0.4, -0.2) is 18.2 Å². The van der Waals surface area contributed by atoms with Gasteiger partial charge < -0.3 is 10.4 Å². The minimum Gasteiger partial charge on any atom is -0.507 e. The van der Waals surface area contributed by atoms with Crippen LogP contribution in [0.25, 0.3) is 0 Å². The summed E-state index contributed by atoms with van der Waals surface area (Å²) in [6, 6.07) is 1.86. The highest BCUT2D eigenvalue weighted by Crippen LogP contribution is 2.33. The molecule has 0 saturated carbocycles. The average molecular weight is 284 g/mol. The SMILES string of the molecule is Cc1cc(O)c(Br)c(C)c1CC1CCNC1. The van der Waals surface area contributed by atoms with Gasteiger partial charge in [0.15, 0.2) is 0 Å². The van der Waals surface area contributed by atoms with Crippen molar-refractivity contribution in [3.63, 3.8) is 0 Å². The largest absolute Gasteiger partial charge is 0.507 e. The van der Waals surface area contributed by atoms with E-state index in [9.17, 15) is 5.11 Å². The zero-order valence-electron chi connectivity index (χ0n) is 9.81. The van der Waals surface area contributed by atoms with E-state index < -0.39 is 0 Å². The van der Waals surface area contributed by atoms with E-state index in [-0.39, 0.29) is 0 Å². The first-order valence-corrected chi connectivity index (χ1v) is 6.57. The van der Waals surface area contributed by atoms with E-state index in [1.165, 1.54) is 23.1 Å². The quantitative estimate of drug-likeness (QED) is 0.875. The molecule has 3 heteroatoms. The predicted octanol–water partition coefficient (Wildman–Crippen LogP) is 2.92. The maximum atomic E-state index is 9.71. The minimum atomic E-state index is 0.350. The van der Waals surface area contributed by atoms with E-state index in [1.54, 1.807) is 0 Å². The number of halogens is 1. The third-order valence-electron chi connectivity index (χ3n) is 3.49. The molecule has 2 N–H and O–H groups in total. The fraction of sp³-hybridized carbons (Fsp3) is 0.538. The molecule has 1 saturated heterocycles. The Labute approximate surface area is 105 Å². The first-order valence-electron chi connectivity index (χ1n) is 5.78. The van der Waals surface area contributed by atoms with Gasteiger partial charge in [0.25, 0.3) is 0 Å². The summed E-state index contributed by atoms with van der Waals surface area (Å²) in [5, 5.41) is 13.1. The molecule has 0 aliphatic carbocycles. The highest BCUT2D eigenvalue weighted by Gasteiger charge is 2.18. The molecular formula is C13H18BrNO. The molecule has 16 heavy (non-hydrogen) atoms. The molecule has 1 unspecified atom stereocenters. The molecule has 1 aromatic rings. The maximum Gasteiger partial charge on any atom is 0.130 e. The van der Waals surface area contributed by atoms with Crippen molar-refractivity contribution in [3.8, 4) is 5.75 Å². The van der Waals surface area contributed by atoms with Crippen molar-refractivity contribution in [2.45, 2.75) is 26.7 Å². The van der Waals surface area contributed by atoms with Gasteiger partial charge in [-0.2, -0.15) is 0 Å². The third-order valence-corrected chi connectivity index (χ3v) is 4.49. The number of benzene rings is 1. The lowest BCUT2D eigenvalue weighted by Gasteiger charge is -2.16. The van der Waals surface area contributed by atoms with Crippen molar-refractivity contribution in [2.24, 2.45) is 5.92 Å². The van der Waals surface area contributed by atoms with Crippen LogP contribution in [-0.2, 0) is 6.42 Å². The number of aryl methyl sites for hydroxylation is 1. The first kappa shape index (κ1) is 11.9. The zero-order chi connectivity index (χ0) is 11.7. The van der Waals surface area contributed by atoms with E-state index in [0.717, 1.165) is 29.9 Å². The van der Waals surface area contributed by atoms with E-state index in [1.807, 2.05) is 6.07 Å². The fourth-order valence-corrected chi connectivity index (χ4v) is 2.82. The number of rotatable bonds is 2. The lowest BCUT2D eigenvalue weighted by molar-refractivity contribution is 0.470. The Hall–Kier alpha value is -0.540. The summed E-state index contributed by atoms with van der Waals surface area (Å²) in [6.07, 6.45) is 2.38. The van der Waals surface area contributed by atoms with Crippen molar-refractivity contribution >= 4 is 15.9 Å². The summed E-state index contributed by atoms with van der Waals surface area (Å²) in [5.41, 5.74) is 3.77. The van der Waals surface area contributed by atoms with Crippen molar-refractivity contribution < 1.29 is 5.11 Å². The van der Waals surface area contributed by atoms with Gasteiger partial charge in [0.2, 0.25) is 0 Å². The molecule has 1 atom stereocenters. The van der Waals surface area contributed by atoms with Crippen molar-refractivity contribution in [1.82, 2.24) is 5.32 Å². The van der Waals surface area contributed by atoms with Gasteiger partial charge in [-0.25, -0.2) is 0 Å². The van der Waals surface area contributed by atoms with Gasteiger partial charge >= 0.3 is 0 Å². The minimum absolute atomic E-state index is 0.350. The number of hydrogen-bond acceptors (Lipinski definition) is 2. The Morgan fingerprint density at radius 3 is 2.88 bits per heavy atom. The van der Waals surface area contributed by atoms with E-state index in [2.05, 4.69) is 35.1 Å². The summed E-state index contributed by atoms with van der Waals surface area (Å²) < 4.78 is 0.846. The number of phenols is 1. The van der Waals surface area contributed by atoms with Crippen molar-refractivity contribution in [3.05, 3.63) is 27.2 Å². The Balaban J connectivity index is 2.28. The average Bonchev–Trinajstić information content (AvgIpc) is 2.74. The molecule has 0 radical (unpaired) electrons. The predicted molar refractivity (Wildman–Crippen MR) is 70.0 cm³/mol. The summed E-state index contributed by atoms with van der Waals surface area (Å²) in [6.45, 7) is 6.42. The van der Waals surface area contributed by atoms with Crippen LogP contribution in [0.3, 0.4) is 0 Å². The molecule has 1 aliphatic heterocycles. The van der Waals surface area contributed by atoms with E-state index in [0.29, 0.717) is 5.75 Å². The molecule has 88 valence electrons. The number of nitrogens with one attached hydrogen (secondary N) is 1. The Morgan fingerprint density at radius 1 is 1.50 bits per heavy atom. The van der Waals surface area contributed by atoms with Crippen LogP contribution in [0.15, 0.2) is 10.5 Å². The number of phenolic OH excluding ortho intramolecular Hbond substituents is 1. The van der Waals surface area contributed by atoms with Gasteiger partial charge in [-0.05, 0) is 84.4 Å². The molecule has 1 aromatic carbocycles. The normalized spacial score (nSPS) is 20.3. The highest BCUT2D eigenvalue weighted by atomic mass is 79.9. The second-order valence-corrected chi connectivity index (χ2v) is 5.49. The fourth-order valence-electron chi connectivity index (χ4n) is 2.47. The van der Waals surface area contributed by atoms with Crippen LogP contribution in [0.1, 0.15) is 23.1 Å². The third kappa shape index (κ3) is 2.25. The Kier molecular flexibility index (Phi) is 3.55. The van der Waals surface area contributed by atoms with Crippen molar-refractivity contribution in [1.29, 1.82) is 0 Å². The van der Waals surface area contributed by atoms with Crippen LogP contribution in [0.5, 0.6) is 5.75 Å². The van der Waals surface area contributed by atoms with Gasteiger partial charge in [0.1, 0.15) is 5.75 Å². The lowest BCUT2D eigenvalue weighted by Crippen LogP contribution is -2.12. The molecule has 2 nitrogen and oxygen atoms in total. The Bertz CT molecular complexity index is 397. The molecule has 0 spiro atoms. The number of hydrogen-bond donors (Lipinski definition) is 2. The van der Waals surface area contributed by atoms with Gasteiger partial charge in [0, 0.05) is 0 Å². The zero-order valence-corrected chi connectivity index (χ0v) is 11.4. The number of aromatic hydroxyl groups is 1. The van der Waals surface area contributed by atoms with Gasteiger partial charge in [-0.3, -0.25) is 0 Å². The Morgan fingerprint density at radius 2 is 2.25 bits per heavy atom. The molecule has 2 rings (SSSR count). The molecule has 1 heterocycles. The van der Waals surface area contributed by atoms with Gasteiger partial charge in [0.05, 0.1) is 4.47 Å². The van der Waals surface area contributed by atoms with E-state index >= 15 is 0 Å². The topological polar surface area (TPSA) is 32.3 Å². The highest BCUT2D eigenvalue weighted by molar-refractivity contribution is 9.10. The second-order valence-electron chi connectivity index (χ2n) is 4.69. The molecule has 0 aromatic heterocycles. The second kappa shape index (κ2) is 4.76. The maximum absolute atomic E-state index is 9.71. The van der Waals surface area contributed by atoms with Crippen LogP contribution >= 0.6 is 15.9 Å². The first-order chi connectivity index (χ1) is 7.59. The summed E-state index contributed by atoms with van der Waals surface area (Å²) in [7, 11) is 0. The summed E-state index contributed by atoms with van der Waals surface area (Å²) in [4.78, 5) is 0. The molecule has 1 aliphatic rings. The van der Waals surface area contributed by atoms with Crippen LogP contribution in [0, 0.1) is 19.8 Å². The molecule has 0 amide bonds. The van der Waals surface area contributed by atoms with Gasteiger partial charge in [-0.15, -0.1) is 0 Å². The van der Waals surface area contributed by atoms with Crippen molar-refractivity contribution in [2.75, 3.05) is 13.1 Å². The monoisotopic (exact) mass is 283 g/mol. The molecule has 1 fully saturated rings. The smallest absolute Gasteiger partial charge is 0.130 e. The molecular weight excluding hydrogens is 266 g/mol. The lowest BCUT2D eigenvalue weighted by atomic mass is 9.92. The van der Waals surface area contributed by atoms with E-state index in [4.69, 9.17) is 0 Å². The standard InChI is InChI=1S/C13H18BrNO/c1-8-5-12(16)13(14)9(2)11(8)6-10-3-4-15-7-10/h5,10,15-16H,3-4,6-7H2,1-2H3. The van der Waals surface area contributed by atoms with Crippen LogP contribution in [0.4, 0.5) is 0 Å². The summed E-state index contributed by atoms with van der Waals surface area (Å²) in [5.74, 6) is 1.09. The van der Waals surface area contributed by atoms with Crippen LogP contribution < -0.4 is 5.32 Å². The molecule has 0 bridgehead atoms. The van der Waals surface area contributed by atoms with Gasteiger partial charge in [-0.1, -0.05) is 0 Å². The summed E-state index contributed by atoms with van der Waals surface area (Å²) >= 11 is 3.45.